The van der Waals surface area contributed by atoms with E-state index in [9.17, 15) is 13.2 Å². The minimum absolute atomic E-state index is 0.212. The van der Waals surface area contributed by atoms with E-state index in [2.05, 4.69) is 4.72 Å². The molecule has 0 aliphatic heterocycles. The minimum atomic E-state index is -3.33. The molecule has 0 bridgehead atoms. The summed E-state index contributed by atoms with van der Waals surface area (Å²) < 4.78 is 34.2. The van der Waals surface area contributed by atoms with Crippen LogP contribution in [0, 0.1) is 0 Å². The molecule has 18 heavy (non-hydrogen) atoms. The number of anilines is 1. The van der Waals surface area contributed by atoms with Crippen LogP contribution >= 0.6 is 0 Å². The average Bonchev–Trinajstić information content (AvgIpc) is 2.25. The zero-order valence-corrected chi connectivity index (χ0v) is 11.0. The highest BCUT2D eigenvalue weighted by Crippen LogP contribution is 2.18. The van der Waals surface area contributed by atoms with Gasteiger partial charge >= 0.3 is 5.97 Å². The lowest BCUT2D eigenvalue weighted by molar-refractivity contribution is -0.145. The van der Waals surface area contributed by atoms with E-state index in [1.165, 1.54) is 6.07 Å². The molecule has 0 fully saturated rings. The van der Waals surface area contributed by atoms with Crippen molar-refractivity contribution in [1.29, 1.82) is 0 Å². The number of carbonyl (C=O) groups is 1. The SMILES string of the molecule is CCOC(=O)COc1cccc(NS(C)(=O)=O)c1. The Morgan fingerprint density at radius 2 is 2.11 bits per heavy atom. The van der Waals surface area contributed by atoms with Crippen molar-refractivity contribution in [2.45, 2.75) is 6.92 Å². The molecule has 0 heterocycles. The third-order valence-corrected chi connectivity index (χ3v) is 2.41. The molecule has 0 atom stereocenters. The number of carbonyl (C=O) groups excluding carboxylic acids is 1. The second kappa shape index (κ2) is 6.25. The molecule has 0 amide bonds. The van der Waals surface area contributed by atoms with E-state index in [0.717, 1.165) is 6.26 Å². The summed E-state index contributed by atoms with van der Waals surface area (Å²) in [6.45, 7) is 1.78. The van der Waals surface area contributed by atoms with Crippen molar-refractivity contribution in [3.63, 3.8) is 0 Å². The first-order valence-corrected chi connectivity index (χ1v) is 7.16. The predicted molar refractivity (Wildman–Crippen MR) is 67.0 cm³/mol. The van der Waals surface area contributed by atoms with Crippen LogP contribution in [0.4, 0.5) is 5.69 Å². The second-order valence-corrected chi connectivity index (χ2v) is 5.24. The highest BCUT2D eigenvalue weighted by Gasteiger charge is 2.05. The van der Waals surface area contributed by atoms with E-state index in [4.69, 9.17) is 9.47 Å². The number of sulfonamides is 1. The molecule has 0 aromatic heterocycles. The molecule has 0 saturated carbocycles. The maximum absolute atomic E-state index is 11.1. The van der Waals surface area contributed by atoms with Gasteiger partial charge < -0.3 is 9.47 Å². The number of benzene rings is 1. The van der Waals surface area contributed by atoms with E-state index in [1.54, 1.807) is 25.1 Å². The highest BCUT2D eigenvalue weighted by atomic mass is 32.2. The third kappa shape index (κ3) is 5.53. The zero-order chi connectivity index (χ0) is 13.6. The summed E-state index contributed by atoms with van der Waals surface area (Å²) in [7, 11) is -3.33. The maximum atomic E-state index is 11.1. The van der Waals surface area contributed by atoms with Crippen LogP contribution in [-0.4, -0.2) is 33.9 Å². The van der Waals surface area contributed by atoms with Crippen molar-refractivity contribution in [1.82, 2.24) is 0 Å². The molecule has 1 N–H and O–H groups in total. The third-order valence-electron chi connectivity index (χ3n) is 1.80. The van der Waals surface area contributed by atoms with Crippen LogP contribution in [-0.2, 0) is 19.6 Å². The average molecular weight is 273 g/mol. The van der Waals surface area contributed by atoms with Gasteiger partial charge in [0.05, 0.1) is 18.6 Å². The Balaban J connectivity index is 2.62. The largest absolute Gasteiger partial charge is 0.482 e. The van der Waals surface area contributed by atoms with Gasteiger partial charge in [-0.05, 0) is 19.1 Å². The molecule has 6 nitrogen and oxygen atoms in total. The molecule has 7 heteroatoms. The van der Waals surface area contributed by atoms with Gasteiger partial charge in [-0.3, -0.25) is 4.72 Å². The van der Waals surface area contributed by atoms with E-state index in [1.807, 2.05) is 0 Å². The first kappa shape index (κ1) is 14.3. The molecule has 0 spiro atoms. The van der Waals surface area contributed by atoms with Crippen LogP contribution < -0.4 is 9.46 Å². The van der Waals surface area contributed by atoms with Crippen LogP contribution in [0.2, 0.25) is 0 Å². The Labute approximate surface area is 106 Å². The van der Waals surface area contributed by atoms with E-state index in [-0.39, 0.29) is 13.2 Å². The minimum Gasteiger partial charge on any atom is -0.482 e. The number of rotatable bonds is 6. The van der Waals surface area contributed by atoms with Crippen LogP contribution in [0.25, 0.3) is 0 Å². The molecule has 0 radical (unpaired) electrons. The summed E-state index contributed by atoms with van der Waals surface area (Å²) in [4.78, 5) is 11.1. The van der Waals surface area contributed by atoms with Crippen LogP contribution in [0.15, 0.2) is 24.3 Å². The van der Waals surface area contributed by atoms with Gasteiger partial charge in [-0.25, -0.2) is 13.2 Å². The molecule has 0 unspecified atom stereocenters. The van der Waals surface area contributed by atoms with Crippen molar-refractivity contribution >= 4 is 21.7 Å². The lowest BCUT2D eigenvalue weighted by atomic mass is 10.3. The molecule has 1 aromatic rings. The lowest BCUT2D eigenvalue weighted by Gasteiger charge is -2.08. The Morgan fingerprint density at radius 3 is 2.72 bits per heavy atom. The summed E-state index contributed by atoms with van der Waals surface area (Å²) in [5.41, 5.74) is 0.374. The van der Waals surface area contributed by atoms with Gasteiger partial charge in [0, 0.05) is 6.07 Å². The van der Waals surface area contributed by atoms with Gasteiger partial charge in [-0.2, -0.15) is 0 Å². The van der Waals surface area contributed by atoms with Gasteiger partial charge in [0.15, 0.2) is 6.61 Å². The number of hydrogen-bond donors (Lipinski definition) is 1. The van der Waals surface area contributed by atoms with Gasteiger partial charge in [0.25, 0.3) is 0 Å². The Kier molecular flexibility index (Phi) is 4.96. The van der Waals surface area contributed by atoms with Crippen molar-refractivity contribution in [3.05, 3.63) is 24.3 Å². The molecular weight excluding hydrogens is 258 g/mol. The van der Waals surface area contributed by atoms with Crippen molar-refractivity contribution in [2.75, 3.05) is 24.2 Å². The molecule has 1 aromatic carbocycles. The maximum Gasteiger partial charge on any atom is 0.344 e. The summed E-state index contributed by atoms with van der Waals surface area (Å²) >= 11 is 0. The van der Waals surface area contributed by atoms with Crippen molar-refractivity contribution in [3.8, 4) is 5.75 Å². The van der Waals surface area contributed by atoms with Crippen molar-refractivity contribution < 1.29 is 22.7 Å². The fourth-order valence-electron chi connectivity index (χ4n) is 1.21. The van der Waals surface area contributed by atoms with Gasteiger partial charge in [0.1, 0.15) is 5.75 Å². The summed E-state index contributed by atoms with van der Waals surface area (Å²) in [5.74, 6) is -0.0873. The van der Waals surface area contributed by atoms with E-state index < -0.39 is 16.0 Å². The zero-order valence-electron chi connectivity index (χ0n) is 10.2. The topological polar surface area (TPSA) is 81.7 Å². The summed E-state index contributed by atoms with van der Waals surface area (Å²) in [6, 6.07) is 6.30. The number of nitrogens with one attached hydrogen (secondary N) is 1. The quantitative estimate of drug-likeness (QED) is 0.782. The second-order valence-electron chi connectivity index (χ2n) is 3.50. The molecule has 0 aliphatic rings. The Bertz CT molecular complexity index is 512. The van der Waals surface area contributed by atoms with Gasteiger partial charge in [-0.1, -0.05) is 6.07 Å². The fraction of sp³-hybridized carbons (Fsp3) is 0.364. The first-order valence-electron chi connectivity index (χ1n) is 5.27. The van der Waals surface area contributed by atoms with Gasteiger partial charge in [0.2, 0.25) is 10.0 Å². The number of esters is 1. The van der Waals surface area contributed by atoms with Crippen LogP contribution in [0.5, 0.6) is 5.75 Å². The standard InChI is InChI=1S/C11H15NO5S/c1-3-16-11(13)8-17-10-6-4-5-9(7-10)12-18(2,14)15/h4-7,12H,3,8H2,1-2H3. The smallest absolute Gasteiger partial charge is 0.344 e. The molecule has 100 valence electrons. The van der Waals surface area contributed by atoms with Crippen molar-refractivity contribution in [2.24, 2.45) is 0 Å². The summed E-state index contributed by atoms with van der Waals surface area (Å²) in [5, 5.41) is 0. The van der Waals surface area contributed by atoms with E-state index in [0.29, 0.717) is 11.4 Å². The predicted octanol–water partition coefficient (Wildman–Crippen LogP) is 1.00. The highest BCUT2D eigenvalue weighted by molar-refractivity contribution is 7.92. The van der Waals surface area contributed by atoms with Crippen LogP contribution in [0.1, 0.15) is 6.92 Å². The van der Waals surface area contributed by atoms with E-state index >= 15 is 0 Å². The molecule has 0 aliphatic carbocycles. The van der Waals surface area contributed by atoms with Gasteiger partial charge in [-0.15, -0.1) is 0 Å². The van der Waals surface area contributed by atoms with Crippen LogP contribution in [0.3, 0.4) is 0 Å². The number of hydrogen-bond acceptors (Lipinski definition) is 5. The fourth-order valence-corrected chi connectivity index (χ4v) is 1.76. The monoisotopic (exact) mass is 273 g/mol. The normalized spacial score (nSPS) is 10.8. The summed E-state index contributed by atoms with van der Waals surface area (Å²) in [6.07, 6.45) is 1.05. The Hall–Kier alpha value is -1.76. The Morgan fingerprint density at radius 1 is 1.39 bits per heavy atom. The number of ether oxygens (including phenoxy) is 2. The lowest BCUT2D eigenvalue weighted by Crippen LogP contribution is -2.14. The molecular formula is C11H15NO5S. The first-order chi connectivity index (χ1) is 8.40. The molecule has 1 rings (SSSR count). The molecule has 0 saturated heterocycles.